The fourth-order valence-electron chi connectivity index (χ4n) is 3.31. The van der Waals surface area contributed by atoms with E-state index in [1.807, 2.05) is 30.3 Å². The van der Waals surface area contributed by atoms with Crippen LogP contribution in [0.2, 0.25) is 0 Å². The summed E-state index contributed by atoms with van der Waals surface area (Å²) in [7, 11) is 0. The van der Waals surface area contributed by atoms with Gasteiger partial charge in [0.2, 0.25) is 0 Å². The lowest BCUT2D eigenvalue weighted by atomic mass is 10.1. The van der Waals surface area contributed by atoms with Gasteiger partial charge in [-0.2, -0.15) is 0 Å². The summed E-state index contributed by atoms with van der Waals surface area (Å²) in [6.45, 7) is 2.11. The third kappa shape index (κ3) is 4.60. The van der Waals surface area contributed by atoms with Crippen LogP contribution < -0.4 is 15.5 Å². The number of hydrogen-bond acceptors (Lipinski definition) is 4. The highest BCUT2D eigenvalue weighted by atomic mass is 16.2. The molecule has 146 valence electrons. The number of nitrogens with zero attached hydrogens (tertiary/aromatic N) is 2. The van der Waals surface area contributed by atoms with E-state index >= 15 is 0 Å². The van der Waals surface area contributed by atoms with Gasteiger partial charge in [0.1, 0.15) is 5.82 Å². The smallest absolute Gasteiger partial charge is 0.256 e. The number of anilines is 3. The van der Waals surface area contributed by atoms with E-state index in [0.29, 0.717) is 22.6 Å². The zero-order chi connectivity index (χ0) is 20.1. The van der Waals surface area contributed by atoms with E-state index in [0.717, 1.165) is 18.8 Å². The largest absolute Gasteiger partial charge is 0.370 e. The molecule has 1 aromatic heterocycles. The minimum absolute atomic E-state index is 0.190. The van der Waals surface area contributed by atoms with Crippen LogP contribution in [0.15, 0.2) is 72.9 Å². The van der Waals surface area contributed by atoms with Crippen LogP contribution in [-0.2, 0) is 0 Å². The number of hydrogen-bond donors (Lipinski definition) is 2. The zero-order valence-electron chi connectivity index (χ0n) is 16.0. The van der Waals surface area contributed by atoms with Gasteiger partial charge < -0.3 is 15.5 Å². The molecule has 2 heterocycles. The molecule has 29 heavy (non-hydrogen) atoms. The number of aromatic nitrogens is 1. The van der Waals surface area contributed by atoms with E-state index in [9.17, 15) is 9.59 Å². The van der Waals surface area contributed by atoms with Gasteiger partial charge >= 0.3 is 0 Å². The molecule has 1 aliphatic rings. The Hall–Kier alpha value is -3.67. The molecule has 1 fully saturated rings. The zero-order valence-corrected chi connectivity index (χ0v) is 16.0. The summed E-state index contributed by atoms with van der Waals surface area (Å²) in [6, 6.07) is 19.6. The van der Waals surface area contributed by atoms with E-state index in [2.05, 4.69) is 20.5 Å². The highest BCUT2D eigenvalue weighted by molar-refractivity contribution is 6.06. The van der Waals surface area contributed by atoms with Crippen LogP contribution in [0.25, 0.3) is 0 Å². The number of benzene rings is 2. The molecule has 0 atom stereocenters. The van der Waals surface area contributed by atoms with Crippen LogP contribution in [0, 0.1) is 0 Å². The summed E-state index contributed by atoms with van der Waals surface area (Å²) in [6.07, 6.45) is 4.21. The fraction of sp³-hybridized carbons (Fsp3) is 0.174. The van der Waals surface area contributed by atoms with Gasteiger partial charge in [-0.15, -0.1) is 0 Å². The van der Waals surface area contributed by atoms with Crippen molar-refractivity contribution in [2.24, 2.45) is 0 Å². The summed E-state index contributed by atoms with van der Waals surface area (Å²) in [5.41, 5.74) is 2.79. The van der Waals surface area contributed by atoms with E-state index in [-0.39, 0.29) is 11.8 Å². The lowest BCUT2D eigenvalue weighted by molar-refractivity contribution is 0.101. The summed E-state index contributed by atoms with van der Waals surface area (Å²) in [4.78, 5) is 31.3. The molecule has 1 saturated heterocycles. The second-order valence-corrected chi connectivity index (χ2v) is 6.95. The van der Waals surface area contributed by atoms with Crippen molar-refractivity contribution in [3.05, 3.63) is 84.1 Å². The molecule has 6 heteroatoms. The van der Waals surface area contributed by atoms with Crippen LogP contribution in [0.5, 0.6) is 0 Å². The van der Waals surface area contributed by atoms with Crippen molar-refractivity contribution >= 4 is 29.0 Å². The van der Waals surface area contributed by atoms with Gasteiger partial charge in [0, 0.05) is 29.9 Å². The van der Waals surface area contributed by atoms with Crippen molar-refractivity contribution in [3.8, 4) is 0 Å². The number of rotatable bonds is 5. The third-order valence-electron chi connectivity index (χ3n) is 4.90. The molecule has 0 saturated carbocycles. The molecule has 2 N–H and O–H groups in total. The standard InChI is InChI=1S/C23H22N4O2/c28-22(17-6-2-1-3-7-17)25-19-10-8-18(9-11-19)23(29)26-21-13-12-20(16-24-21)27-14-4-5-15-27/h1-3,6-13,16H,4-5,14-15H2,(H,25,28)(H,24,26,29). The van der Waals surface area contributed by atoms with Crippen LogP contribution in [-0.4, -0.2) is 29.9 Å². The lowest BCUT2D eigenvalue weighted by Crippen LogP contribution is -2.18. The fourth-order valence-corrected chi connectivity index (χ4v) is 3.31. The topological polar surface area (TPSA) is 74.3 Å². The molecule has 3 aromatic rings. The van der Waals surface area contributed by atoms with Gasteiger partial charge in [-0.1, -0.05) is 18.2 Å². The highest BCUT2D eigenvalue weighted by Crippen LogP contribution is 2.20. The molecule has 0 aliphatic carbocycles. The van der Waals surface area contributed by atoms with Gasteiger partial charge in [0.15, 0.2) is 0 Å². The Labute approximate surface area is 169 Å². The molecule has 0 spiro atoms. The first-order chi connectivity index (χ1) is 14.2. The predicted molar refractivity (Wildman–Crippen MR) is 114 cm³/mol. The van der Waals surface area contributed by atoms with Crippen molar-refractivity contribution in [1.82, 2.24) is 4.98 Å². The van der Waals surface area contributed by atoms with Gasteiger partial charge in [-0.25, -0.2) is 4.98 Å². The Balaban J connectivity index is 1.36. The van der Waals surface area contributed by atoms with Crippen LogP contribution in [0.1, 0.15) is 33.6 Å². The first kappa shape index (κ1) is 18.7. The summed E-state index contributed by atoms with van der Waals surface area (Å²) in [5, 5.41) is 5.63. The Morgan fingerprint density at radius 2 is 1.41 bits per heavy atom. The Morgan fingerprint density at radius 3 is 2.07 bits per heavy atom. The van der Waals surface area contributed by atoms with Gasteiger partial charge in [0.25, 0.3) is 11.8 Å². The van der Waals surface area contributed by atoms with Crippen molar-refractivity contribution in [2.75, 3.05) is 28.6 Å². The van der Waals surface area contributed by atoms with E-state index in [4.69, 9.17) is 0 Å². The van der Waals surface area contributed by atoms with E-state index in [1.54, 1.807) is 42.6 Å². The second kappa shape index (κ2) is 8.56. The molecule has 6 nitrogen and oxygen atoms in total. The van der Waals surface area contributed by atoms with Crippen LogP contribution in [0.4, 0.5) is 17.2 Å². The van der Waals surface area contributed by atoms with E-state index < -0.39 is 0 Å². The number of carbonyl (C=O) groups excluding carboxylic acids is 2. The maximum Gasteiger partial charge on any atom is 0.256 e. The highest BCUT2D eigenvalue weighted by Gasteiger charge is 2.13. The molecule has 0 unspecified atom stereocenters. The molecule has 2 aromatic carbocycles. The third-order valence-corrected chi connectivity index (χ3v) is 4.90. The van der Waals surface area contributed by atoms with Crippen LogP contribution in [0.3, 0.4) is 0 Å². The minimum Gasteiger partial charge on any atom is -0.370 e. The Kier molecular flexibility index (Phi) is 5.52. The van der Waals surface area contributed by atoms with Crippen molar-refractivity contribution in [1.29, 1.82) is 0 Å². The van der Waals surface area contributed by atoms with Crippen LogP contribution >= 0.6 is 0 Å². The lowest BCUT2D eigenvalue weighted by Gasteiger charge is -2.17. The summed E-state index contributed by atoms with van der Waals surface area (Å²) < 4.78 is 0. The average molecular weight is 386 g/mol. The van der Waals surface area contributed by atoms with Gasteiger partial charge in [0.05, 0.1) is 11.9 Å². The molecular formula is C23H22N4O2. The minimum atomic E-state index is -0.243. The monoisotopic (exact) mass is 386 g/mol. The number of carbonyl (C=O) groups is 2. The maximum atomic E-state index is 12.5. The Morgan fingerprint density at radius 1 is 0.759 bits per heavy atom. The molecule has 0 bridgehead atoms. The number of amides is 2. The Bertz CT molecular complexity index is 980. The number of nitrogens with one attached hydrogen (secondary N) is 2. The second-order valence-electron chi connectivity index (χ2n) is 6.95. The molecule has 2 amide bonds. The summed E-state index contributed by atoms with van der Waals surface area (Å²) in [5.74, 6) is 0.0804. The molecule has 1 aliphatic heterocycles. The van der Waals surface area contributed by atoms with E-state index in [1.165, 1.54) is 12.8 Å². The quantitative estimate of drug-likeness (QED) is 0.690. The van der Waals surface area contributed by atoms with Crippen molar-refractivity contribution in [2.45, 2.75) is 12.8 Å². The molecule has 4 rings (SSSR count). The van der Waals surface area contributed by atoms with Gasteiger partial charge in [-0.05, 0) is 61.4 Å². The normalized spacial score (nSPS) is 13.2. The average Bonchev–Trinajstić information content (AvgIpc) is 3.30. The predicted octanol–water partition coefficient (Wildman–Crippen LogP) is 4.19. The van der Waals surface area contributed by atoms with Crippen molar-refractivity contribution < 1.29 is 9.59 Å². The molecule has 0 radical (unpaired) electrons. The van der Waals surface area contributed by atoms with Crippen molar-refractivity contribution in [3.63, 3.8) is 0 Å². The first-order valence-corrected chi connectivity index (χ1v) is 9.68. The number of pyridine rings is 1. The van der Waals surface area contributed by atoms with Gasteiger partial charge in [-0.3, -0.25) is 9.59 Å². The maximum absolute atomic E-state index is 12.5. The summed E-state index contributed by atoms with van der Waals surface area (Å²) >= 11 is 0. The molecular weight excluding hydrogens is 364 g/mol. The first-order valence-electron chi connectivity index (χ1n) is 9.68. The SMILES string of the molecule is O=C(Nc1ccc(C(=O)Nc2ccc(N3CCCC3)cn2)cc1)c1ccccc1.